The van der Waals surface area contributed by atoms with Crippen molar-refractivity contribution in [2.24, 2.45) is 5.92 Å². The topological polar surface area (TPSA) is 26.3 Å². The zero-order chi connectivity index (χ0) is 23.5. The Morgan fingerprint density at radius 3 is 1.59 bits per heavy atom. The van der Waals surface area contributed by atoms with Crippen molar-refractivity contribution in [3.8, 4) is 0 Å². The molecule has 0 heterocycles. The fourth-order valence-corrected chi connectivity index (χ4v) is 4.23. The summed E-state index contributed by atoms with van der Waals surface area (Å²) in [5, 5.41) is 0. The van der Waals surface area contributed by atoms with E-state index >= 15 is 0 Å². The molecule has 0 unspecified atom stereocenters. The van der Waals surface area contributed by atoms with Crippen LogP contribution in [0.4, 0.5) is 0 Å². The highest BCUT2D eigenvalue weighted by Gasteiger charge is 2.09. The lowest BCUT2D eigenvalue weighted by Crippen LogP contribution is -2.13. The number of esters is 1. The van der Waals surface area contributed by atoms with Crippen LogP contribution in [0.1, 0.15) is 162 Å². The number of allylic oxidation sites excluding steroid dienone is 2. The van der Waals surface area contributed by atoms with Crippen LogP contribution in [0.3, 0.4) is 0 Å². The number of ether oxygens (including phenoxy) is 1. The van der Waals surface area contributed by atoms with Crippen molar-refractivity contribution in [1.29, 1.82) is 0 Å². The van der Waals surface area contributed by atoms with Crippen molar-refractivity contribution < 1.29 is 9.53 Å². The molecule has 0 aromatic heterocycles. The quantitative estimate of drug-likeness (QED) is 0.0785. The predicted molar refractivity (Wildman–Crippen MR) is 142 cm³/mol. The number of hydrogen-bond acceptors (Lipinski definition) is 2. The molecule has 0 aliphatic heterocycles. The molecule has 0 aromatic rings. The maximum Gasteiger partial charge on any atom is 0.305 e. The third kappa shape index (κ3) is 23.9. The van der Waals surface area contributed by atoms with Gasteiger partial charge in [-0.2, -0.15) is 0 Å². The standard InChI is InChI=1S/C30H58O2/c1-4-7-9-10-11-12-13-14-15-16-17-18-19-20-21-22-23-24-25-27-30(31)32-28-29(6-3)26-8-5-2/h14-15,29H,4-13,16-28H2,1-3H3/b15-14-/t29-/m0/s1. The zero-order valence-electron chi connectivity index (χ0n) is 22.3. The van der Waals surface area contributed by atoms with Gasteiger partial charge in [-0.1, -0.05) is 129 Å². The second kappa shape index (κ2) is 26.5. The van der Waals surface area contributed by atoms with Crippen LogP contribution in [-0.4, -0.2) is 12.6 Å². The van der Waals surface area contributed by atoms with E-state index in [0.717, 1.165) is 12.8 Å². The summed E-state index contributed by atoms with van der Waals surface area (Å²) in [6.07, 6.45) is 32.7. The molecule has 0 aliphatic rings. The minimum absolute atomic E-state index is 0.0148. The van der Waals surface area contributed by atoms with Crippen LogP contribution in [0, 0.1) is 5.92 Å². The minimum Gasteiger partial charge on any atom is -0.465 e. The predicted octanol–water partition coefficient (Wildman–Crippen LogP) is 10.3. The summed E-state index contributed by atoms with van der Waals surface area (Å²) in [6, 6.07) is 0. The molecule has 0 saturated carbocycles. The van der Waals surface area contributed by atoms with Gasteiger partial charge in [0.25, 0.3) is 0 Å². The lowest BCUT2D eigenvalue weighted by molar-refractivity contribution is -0.145. The summed E-state index contributed by atoms with van der Waals surface area (Å²) in [7, 11) is 0. The summed E-state index contributed by atoms with van der Waals surface area (Å²) in [5.74, 6) is 0.570. The molecule has 0 spiro atoms. The van der Waals surface area contributed by atoms with E-state index in [-0.39, 0.29) is 5.97 Å². The highest BCUT2D eigenvalue weighted by atomic mass is 16.5. The van der Waals surface area contributed by atoms with Gasteiger partial charge in [-0.25, -0.2) is 0 Å². The maximum atomic E-state index is 11.9. The molecule has 0 aromatic carbocycles. The molecule has 32 heavy (non-hydrogen) atoms. The summed E-state index contributed by atoms with van der Waals surface area (Å²) in [6.45, 7) is 7.33. The molecule has 0 N–H and O–H groups in total. The Kier molecular flexibility index (Phi) is 25.8. The smallest absolute Gasteiger partial charge is 0.305 e. The Morgan fingerprint density at radius 1 is 0.625 bits per heavy atom. The van der Waals surface area contributed by atoms with Gasteiger partial charge in [0, 0.05) is 6.42 Å². The molecule has 0 aliphatic carbocycles. The van der Waals surface area contributed by atoms with E-state index in [0.29, 0.717) is 18.9 Å². The van der Waals surface area contributed by atoms with Gasteiger partial charge < -0.3 is 4.74 Å². The number of rotatable bonds is 25. The van der Waals surface area contributed by atoms with Crippen molar-refractivity contribution >= 4 is 5.97 Å². The highest BCUT2D eigenvalue weighted by Crippen LogP contribution is 2.15. The number of unbranched alkanes of at least 4 members (excludes halogenated alkanes) is 16. The first-order valence-corrected chi connectivity index (χ1v) is 14.5. The second-order valence-corrected chi connectivity index (χ2v) is 9.85. The molecule has 2 nitrogen and oxygen atoms in total. The normalized spacial score (nSPS) is 12.5. The molecule has 2 heteroatoms. The van der Waals surface area contributed by atoms with Gasteiger partial charge >= 0.3 is 5.97 Å². The molecule has 0 saturated heterocycles. The van der Waals surface area contributed by atoms with Gasteiger partial charge in [-0.15, -0.1) is 0 Å². The number of hydrogen-bond donors (Lipinski definition) is 0. The van der Waals surface area contributed by atoms with Crippen molar-refractivity contribution in [3.05, 3.63) is 12.2 Å². The fourth-order valence-electron chi connectivity index (χ4n) is 4.23. The van der Waals surface area contributed by atoms with Crippen molar-refractivity contribution in [1.82, 2.24) is 0 Å². The fraction of sp³-hybridized carbons (Fsp3) is 0.900. The van der Waals surface area contributed by atoms with Crippen LogP contribution in [0.25, 0.3) is 0 Å². The molecular formula is C30H58O2. The Hall–Kier alpha value is -0.790. The monoisotopic (exact) mass is 450 g/mol. The summed E-state index contributed by atoms with van der Waals surface area (Å²) < 4.78 is 5.49. The summed E-state index contributed by atoms with van der Waals surface area (Å²) in [5.41, 5.74) is 0. The maximum absolute atomic E-state index is 11.9. The van der Waals surface area contributed by atoms with Crippen LogP contribution in [0.15, 0.2) is 12.2 Å². The van der Waals surface area contributed by atoms with E-state index in [9.17, 15) is 4.79 Å². The first-order chi connectivity index (χ1) is 15.7. The van der Waals surface area contributed by atoms with Crippen LogP contribution < -0.4 is 0 Å². The summed E-state index contributed by atoms with van der Waals surface area (Å²) in [4.78, 5) is 11.9. The lowest BCUT2D eigenvalue weighted by atomic mass is 10.0. The Bertz CT molecular complexity index is 402. The zero-order valence-corrected chi connectivity index (χ0v) is 22.3. The highest BCUT2D eigenvalue weighted by molar-refractivity contribution is 5.69. The Balaban J connectivity index is 3.29. The Labute approximate surface area is 202 Å². The third-order valence-corrected chi connectivity index (χ3v) is 6.67. The van der Waals surface area contributed by atoms with E-state index in [1.165, 1.54) is 122 Å². The molecule has 190 valence electrons. The van der Waals surface area contributed by atoms with E-state index in [4.69, 9.17) is 4.74 Å². The van der Waals surface area contributed by atoms with Gasteiger partial charge in [0.1, 0.15) is 0 Å². The van der Waals surface area contributed by atoms with E-state index in [1.807, 2.05) is 0 Å². The molecule has 0 fully saturated rings. The van der Waals surface area contributed by atoms with Crippen molar-refractivity contribution in [2.45, 2.75) is 162 Å². The second-order valence-electron chi connectivity index (χ2n) is 9.85. The van der Waals surface area contributed by atoms with Crippen LogP contribution in [0.2, 0.25) is 0 Å². The minimum atomic E-state index is 0.0148. The SMILES string of the molecule is CCCCCCCC/C=C\CCCCCCCCCCCC(=O)OC[C@@H](CC)CCCC. The van der Waals surface area contributed by atoms with Crippen LogP contribution in [0.5, 0.6) is 0 Å². The molecule has 0 amide bonds. The van der Waals surface area contributed by atoms with Gasteiger partial charge in [0.2, 0.25) is 0 Å². The number of carbonyl (C=O) groups excluding carboxylic acids is 1. The van der Waals surface area contributed by atoms with Gasteiger partial charge in [-0.3, -0.25) is 4.79 Å². The molecule has 0 radical (unpaired) electrons. The Morgan fingerprint density at radius 2 is 1.09 bits per heavy atom. The molecule has 0 bridgehead atoms. The van der Waals surface area contributed by atoms with E-state index < -0.39 is 0 Å². The number of carbonyl (C=O) groups is 1. The van der Waals surface area contributed by atoms with Crippen LogP contribution in [-0.2, 0) is 9.53 Å². The average Bonchev–Trinajstić information content (AvgIpc) is 2.80. The van der Waals surface area contributed by atoms with E-state index in [2.05, 4.69) is 32.9 Å². The third-order valence-electron chi connectivity index (χ3n) is 6.67. The lowest BCUT2D eigenvalue weighted by Gasteiger charge is -2.14. The summed E-state index contributed by atoms with van der Waals surface area (Å²) >= 11 is 0. The molecular weight excluding hydrogens is 392 g/mol. The molecule has 0 rings (SSSR count). The average molecular weight is 451 g/mol. The van der Waals surface area contributed by atoms with Crippen molar-refractivity contribution in [2.75, 3.05) is 6.61 Å². The van der Waals surface area contributed by atoms with Crippen LogP contribution >= 0.6 is 0 Å². The van der Waals surface area contributed by atoms with E-state index in [1.54, 1.807) is 0 Å². The molecule has 1 atom stereocenters. The largest absolute Gasteiger partial charge is 0.465 e. The van der Waals surface area contributed by atoms with Crippen molar-refractivity contribution in [3.63, 3.8) is 0 Å². The van der Waals surface area contributed by atoms with Gasteiger partial charge in [-0.05, 0) is 44.4 Å². The van der Waals surface area contributed by atoms with Gasteiger partial charge in [0.15, 0.2) is 0 Å². The van der Waals surface area contributed by atoms with Gasteiger partial charge in [0.05, 0.1) is 6.61 Å². The first kappa shape index (κ1) is 31.2. The first-order valence-electron chi connectivity index (χ1n) is 14.5.